The Bertz CT molecular complexity index is 454. The maximum atomic E-state index is 11.6. The number of nitrogens with one attached hydrogen (secondary N) is 1. The molecule has 4 N–H and O–H groups in total. The van der Waals surface area contributed by atoms with E-state index >= 15 is 0 Å². The molecule has 0 aromatic carbocycles. The number of nitrogens with two attached hydrogens (primary N) is 1. The van der Waals surface area contributed by atoms with Crippen LogP contribution in [0.25, 0.3) is 0 Å². The minimum atomic E-state index is -1.35. The average molecular weight is 240 g/mol. The molecule has 0 aliphatic rings. The van der Waals surface area contributed by atoms with Crippen LogP contribution < -0.4 is 11.1 Å². The summed E-state index contributed by atoms with van der Waals surface area (Å²) in [6.07, 6.45) is 1.08. The Morgan fingerprint density at radius 3 is 2.65 bits per heavy atom. The maximum Gasteiger partial charge on any atom is 0.326 e. The lowest BCUT2D eigenvalue weighted by atomic mass is 10.2. The van der Waals surface area contributed by atoms with Gasteiger partial charge in [-0.3, -0.25) is 14.3 Å². The molecule has 1 aromatic heterocycles. The Balaban J connectivity index is 2.70. The summed E-state index contributed by atoms with van der Waals surface area (Å²) >= 11 is 0. The van der Waals surface area contributed by atoms with Gasteiger partial charge in [0.05, 0.1) is 6.42 Å². The summed E-state index contributed by atoms with van der Waals surface area (Å²) in [4.78, 5) is 32.9. The number of hydrogen-bond acceptors (Lipinski definition) is 4. The third-order valence-corrected chi connectivity index (χ3v) is 1.95. The Morgan fingerprint density at radius 1 is 1.59 bits per heavy atom. The molecule has 0 fully saturated rings. The van der Waals surface area contributed by atoms with Gasteiger partial charge in [-0.15, -0.1) is 0 Å². The van der Waals surface area contributed by atoms with Crippen molar-refractivity contribution in [3.05, 3.63) is 18.0 Å². The minimum Gasteiger partial charge on any atom is -0.480 e. The molecule has 1 rings (SSSR count). The number of hydrogen-bond donors (Lipinski definition) is 3. The number of nitrogens with zero attached hydrogens (tertiary/aromatic N) is 2. The van der Waals surface area contributed by atoms with Crippen molar-refractivity contribution in [1.29, 1.82) is 0 Å². The summed E-state index contributed by atoms with van der Waals surface area (Å²) in [5.41, 5.74) is 4.95. The van der Waals surface area contributed by atoms with Gasteiger partial charge in [0.1, 0.15) is 11.7 Å². The van der Waals surface area contributed by atoms with Crippen LogP contribution in [0.3, 0.4) is 0 Å². The molecule has 0 saturated heterocycles. The fourth-order valence-corrected chi connectivity index (χ4v) is 1.17. The van der Waals surface area contributed by atoms with Crippen LogP contribution in [0, 0.1) is 0 Å². The second-order valence-corrected chi connectivity index (χ2v) is 3.41. The summed E-state index contributed by atoms with van der Waals surface area (Å²) in [5.74, 6) is -2.80. The molecule has 0 spiro atoms. The Kier molecular flexibility index (Phi) is 3.81. The van der Waals surface area contributed by atoms with Gasteiger partial charge in [0.2, 0.25) is 5.91 Å². The molecule has 8 nitrogen and oxygen atoms in total. The molecule has 0 aliphatic heterocycles. The second kappa shape index (κ2) is 5.10. The highest BCUT2D eigenvalue weighted by Crippen LogP contribution is 1.98. The molecule has 0 radical (unpaired) electrons. The van der Waals surface area contributed by atoms with Crippen molar-refractivity contribution in [3.63, 3.8) is 0 Å². The highest BCUT2D eigenvalue weighted by molar-refractivity contribution is 5.96. The number of amides is 2. The van der Waals surface area contributed by atoms with E-state index in [-0.39, 0.29) is 5.69 Å². The molecule has 0 saturated carbocycles. The van der Waals surface area contributed by atoms with Gasteiger partial charge in [-0.1, -0.05) is 0 Å². The first kappa shape index (κ1) is 12.7. The zero-order chi connectivity index (χ0) is 13.0. The Hall–Kier alpha value is -2.38. The molecule has 1 atom stereocenters. The number of rotatable bonds is 5. The number of carbonyl (C=O) groups is 3. The number of primary amides is 1. The van der Waals surface area contributed by atoms with Crippen LogP contribution in [0.4, 0.5) is 0 Å². The van der Waals surface area contributed by atoms with E-state index in [2.05, 4.69) is 10.4 Å². The molecule has 1 aromatic rings. The van der Waals surface area contributed by atoms with E-state index in [0.717, 1.165) is 0 Å². The molecule has 1 heterocycles. The first-order chi connectivity index (χ1) is 7.90. The number of aromatic nitrogens is 2. The van der Waals surface area contributed by atoms with Gasteiger partial charge in [-0.2, -0.15) is 5.10 Å². The third kappa shape index (κ3) is 3.59. The molecule has 2 amide bonds. The quantitative estimate of drug-likeness (QED) is 0.575. The lowest BCUT2D eigenvalue weighted by molar-refractivity contribution is -0.140. The van der Waals surface area contributed by atoms with Crippen LogP contribution in [0.1, 0.15) is 16.9 Å². The normalized spacial score (nSPS) is 11.8. The van der Waals surface area contributed by atoms with Crippen molar-refractivity contribution in [2.75, 3.05) is 0 Å². The zero-order valence-corrected chi connectivity index (χ0v) is 9.08. The predicted octanol–water partition coefficient (Wildman–Crippen LogP) is -1.52. The van der Waals surface area contributed by atoms with Crippen LogP contribution in [0.2, 0.25) is 0 Å². The first-order valence-electron chi connectivity index (χ1n) is 4.71. The molecule has 0 aliphatic carbocycles. The van der Waals surface area contributed by atoms with E-state index in [1.165, 1.54) is 10.7 Å². The van der Waals surface area contributed by atoms with Gasteiger partial charge >= 0.3 is 5.97 Å². The largest absolute Gasteiger partial charge is 0.480 e. The van der Waals surface area contributed by atoms with Gasteiger partial charge in [0.15, 0.2) is 0 Å². The molecule has 92 valence electrons. The summed E-state index contributed by atoms with van der Waals surface area (Å²) in [6.45, 7) is 0. The Morgan fingerprint density at radius 2 is 2.24 bits per heavy atom. The van der Waals surface area contributed by atoms with Gasteiger partial charge in [-0.25, -0.2) is 4.79 Å². The fraction of sp³-hybridized carbons (Fsp3) is 0.333. The molecule has 8 heteroatoms. The van der Waals surface area contributed by atoms with Gasteiger partial charge in [-0.05, 0) is 6.07 Å². The predicted molar refractivity (Wildman–Crippen MR) is 55.9 cm³/mol. The third-order valence-electron chi connectivity index (χ3n) is 1.95. The van der Waals surface area contributed by atoms with Crippen LogP contribution in [-0.4, -0.2) is 38.7 Å². The van der Waals surface area contributed by atoms with E-state index < -0.39 is 30.2 Å². The second-order valence-electron chi connectivity index (χ2n) is 3.41. The van der Waals surface area contributed by atoms with Gasteiger partial charge < -0.3 is 16.2 Å². The summed E-state index contributed by atoms with van der Waals surface area (Å²) < 4.78 is 1.40. The van der Waals surface area contributed by atoms with E-state index in [0.29, 0.717) is 0 Å². The van der Waals surface area contributed by atoms with Gasteiger partial charge in [0, 0.05) is 13.2 Å². The number of carboxylic acids is 1. The van der Waals surface area contributed by atoms with Crippen molar-refractivity contribution < 1.29 is 19.5 Å². The lowest BCUT2D eigenvalue weighted by Crippen LogP contribution is -2.43. The minimum absolute atomic E-state index is 0.0724. The van der Waals surface area contributed by atoms with E-state index in [1.54, 1.807) is 13.2 Å². The number of aryl methyl sites for hydroxylation is 1. The van der Waals surface area contributed by atoms with E-state index in [1.807, 2.05) is 0 Å². The summed E-state index contributed by atoms with van der Waals surface area (Å²) in [5, 5.41) is 14.7. The zero-order valence-electron chi connectivity index (χ0n) is 9.08. The van der Waals surface area contributed by atoms with Crippen molar-refractivity contribution in [3.8, 4) is 0 Å². The van der Waals surface area contributed by atoms with Crippen molar-refractivity contribution in [2.45, 2.75) is 12.5 Å². The van der Waals surface area contributed by atoms with Crippen molar-refractivity contribution >= 4 is 17.8 Å². The highest BCUT2D eigenvalue weighted by atomic mass is 16.4. The molecule has 0 bridgehead atoms. The van der Waals surface area contributed by atoms with Crippen LogP contribution in [-0.2, 0) is 16.6 Å². The summed E-state index contributed by atoms with van der Waals surface area (Å²) in [6, 6.07) is 0.0837. The number of aliphatic carboxylic acids is 1. The topological polar surface area (TPSA) is 127 Å². The molecular weight excluding hydrogens is 228 g/mol. The molecular formula is C9H12N4O4. The van der Waals surface area contributed by atoms with Crippen LogP contribution in [0.15, 0.2) is 12.3 Å². The van der Waals surface area contributed by atoms with Crippen molar-refractivity contribution in [1.82, 2.24) is 15.1 Å². The Labute approximate surface area is 96.4 Å². The number of carbonyl (C=O) groups excluding carboxylic acids is 2. The standard InChI is InChI=1S/C9H12N4O4/c1-13-3-2-5(12-13)8(15)11-6(9(16)17)4-7(10)14/h2-3,6H,4H2,1H3,(H2,10,14)(H,11,15)(H,16,17)/t6-/m1/s1. The first-order valence-corrected chi connectivity index (χ1v) is 4.71. The fourth-order valence-electron chi connectivity index (χ4n) is 1.17. The lowest BCUT2D eigenvalue weighted by Gasteiger charge is -2.11. The molecule has 0 unspecified atom stereocenters. The van der Waals surface area contributed by atoms with Gasteiger partial charge in [0.25, 0.3) is 5.91 Å². The number of carboxylic acid groups (broad SMARTS) is 1. The van der Waals surface area contributed by atoms with E-state index in [4.69, 9.17) is 10.8 Å². The van der Waals surface area contributed by atoms with Crippen molar-refractivity contribution in [2.24, 2.45) is 12.8 Å². The molecule has 17 heavy (non-hydrogen) atoms. The highest BCUT2D eigenvalue weighted by Gasteiger charge is 2.23. The summed E-state index contributed by atoms with van der Waals surface area (Å²) in [7, 11) is 1.62. The van der Waals surface area contributed by atoms with Crippen LogP contribution >= 0.6 is 0 Å². The maximum absolute atomic E-state index is 11.6. The van der Waals surface area contributed by atoms with E-state index in [9.17, 15) is 14.4 Å². The average Bonchev–Trinajstić information content (AvgIpc) is 2.63. The monoisotopic (exact) mass is 240 g/mol. The SMILES string of the molecule is Cn1ccc(C(=O)N[C@H](CC(N)=O)C(=O)O)n1. The van der Waals surface area contributed by atoms with Crippen LogP contribution in [0.5, 0.6) is 0 Å². The smallest absolute Gasteiger partial charge is 0.326 e.